The second-order valence-electron chi connectivity index (χ2n) is 6.21. The molecule has 0 aromatic carbocycles. The number of rotatable bonds is 1. The van der Waals surface area contributed by atoms with E-state index in [1.54, 1.807) is 11.8 Å². The topological polar surface area (TPSA) is 47.8 Å². The van der Waals surface area contributed by atoms with Gasteiger partial charge < -0.3 is 4.57 Å². The van der Waals surface area contributed by atoms with E-state index in [2.05, 4.69) is 9.55 Å². The summed E-state index contributed by atoms with van der Waals surface area (Å²) in [5.74, 6) is 0.259. The Hall–Kier alpha value is -1.36. The molecule has 2 aromatic heterocycles. The third kappa shape index (κ3) is 1.94. The van der Waals surface area contributed by atoms with Crippen LogP contribution in [0, 0.1) is 0 Å². The van der Waals surface area contributed by atoms with Crippen molar-refractivity contribution in [2.75, 3.05) is 6.26 Å². The van der Waals surface area contributed by atoms with E-state index in [-0.39, 0.29) is 11.3 Å². The average molecular weight is 301 g/mol. The number of ketones is 1. The van der Waals surface area contributed by atoms with Crippen molar-refractivity contribution in [2.45, 2.75) is 55.6 Å². The molecule has 1 aliphatic heterocycles. The first-order valence-electron chi connectivity index (χ1n) is 7.70. The van der Waals surface area contributed by atoms with Crippen LogP contribution < -0.4 is 0 Å². The number of nitrogens with zero attached hydrogens (tertiary/aromatic N) is 3. The minimum absolute atomic E-state index is 0.118. The van der Waals surface area contributed by atoms with Crippen LogP contribution in [-0.4, -0.2) is 26.6 Å². The molecule has 110 valence electrons. The Labute approximate surface area is 128 Å². The van der Waals surface area contributed by atoms with E-state index in [9.17, 15) is 4.79 Å². The Bertz CT molecular complexity index is 716. The van der Waals surface area contributed by atoms with Crippen LogP contribution in [0.1, 0.15) is 55.4 Å². The molecule has 1 fully saturated rings. The molecule has 5 heteroatoms. The molecule has 4 rings (SSSR count). The summed E-state index contributed by atoms with van der Waals surface area (Å²) < 4.78 is 2.27. The summed E-state index contributed by atoms with van der Waals surface area (Å²) in [6, 6.07) is 2.00. The van der Waals surface area contributed by atoms with Gasteiger partial charge in [0.1, 0.15) is 5.65 Å². The molecule has 0 N–H and O–H groups in total. The van der Waals surface area contributed by atoms with E-state index in [1.807, 2.05) is 18.5 Å². The standard InChI is InChI=1S/C16H19N3OS/c1-21-15-17-10-11-9-12-13(20)5-8-16(6-3-2-4-7-16)19(12)14(11)18-15/h9-10H,2-8H2,1H3. The van der Waals surface area contributed by atoms with Gasteiger partial charge in [-0.1, -0.05) is 31.0 Å². The molecule has 0 atom stereocenters. The van der Waals surface area contributed by atoms with E-state index in [1.165, 1.54) is 32.1 Å². The summed E-state index contributed by atoms with van der Waals surface area (Å²) >= 11 is 1.55. The van der Waals surface area contributed by atoms with Gasteiger partial charge in [-0.05, 0) is 31.6 Å². The molecule has 0 unspecified atom stereocenters. The summed E-state index contributed by atoms with van der Waals surface area (Å²) in [4.78, 5) is 21.4. The maximum Gasteiger partial charge on any atom is 0.189 e. The zero-order valence-corrected chi connectivity index (χ0v) is 13.1. The van der Waals surface area contributed by atoms with Crippen molar-refractivity contribution in [1.82, 2.24) is 14.5 Å². The minimum atomic E-state index is 0.118. The Morgan fingerprint density at radius 2 is 2.05 bits per heavy atom. The minimum Gasteiger partial charge on any atom is -0.316 e. The second kappa shape index (κ2) is 4.83. The van der Waals surface area contributed by atoms with Crippen molar-refractivity contribution >= 4 is 28.6 Å². The molecule has 2 aliphatic rings. The molecule has 1 saturated carbocycles. The van der Waals surface area contributed by atoms with Crippen molar-refractivity contribution < 1.29 is 4.79 Å². The zero-order valence-electron chi connectivity index (χ0n) is 12.3. The van der Waals surface area contributed by atoms with Gasteiger partial charge in [0.2, 0.25) is 0 Å². The predicted octanol–water partition coefficient (Wildman–Crippen LogP) is 3.79. The molecule has 1 aliphatic carbocycles. The Kier molecular flexibility index (Phi) is 3.06. The molecule has 1 spiro atoms. The number of carbonyl (C=O) groups is 1. The van der Waals surface area contributed by atoms with E-state index < -0.39 is 0 Å². The number of hydrogen-bond donors (Lipinski definition) is 0. The van der Waals surface area contributed by atoms with Crippen LogP contribution in [-0.2, 0) is 5.54 Å². The van der Waals surface area contributed by atoms with Gasteiger partial charge in [0.15, 0.2) is 10.9 Å². The summed E-state index contributed by atoms with van der Waals surface area (Å²) in [5.41, 5.74) is 1.93. The van der Waals surface area contributed by atoms with Crippen LogP contribution in [0.5, 0.6) is 0 Å². The van der Waals surface area contributed by atoms with Crippen molar-refractivity contribution in [1.29, 1.82) is 0 Å². The third-order valence-electron chi connectivity index (χ3n) is 5.06. The first-order chi connectivity index (χ1) is 10.2. The highest BCUT2D eigenvalue weighted by Crippen LogP contribution is 2.45. The fraction of sp³-hybridized carbons (Fsp3) is 0.562. The van der Waals surface area contributed by atoms with Crippen LogP contribution >= 0.6 is 11.8 Å². The molecule has 4 nitrogen and oxygen atoms in total. The number of hydrogen-bond acceptors (Lipinski definition) is 4. The number of fused-ring (bicyclic) bond motifs is 4. The van der Waals surface area contributed by atoms with Gasteiger partial charge >= 0.3 is 0 Å². The quantitative estimate of drug-likeness (QED) is 0.594. The number of thioether (sulfide) groups is 1. The summed E-state index contributed by atoms with van der Waals surface area (Å²) in [6.45, 7) is 0. The molecule has 0 amide bonds. The Morgan fingerprint density at radius 3 is 2.81 bits per heavy atom. The summed E-state index contributed by atoms with van der Waals surface area (Å²) in [7, 11) is 0. The van der Waals surface area contributed by atoms with Gasteiger partial charge in [0.25, 0.3) is 0 Å². The van der Waals surface area contributed by atoms with Crippen LogP contribution in [0.2, 0.25) is 0 Å². The zero-order chi connectivity index (χ0) is 14.4. The maximum absolute atomic E-state index is 12.4. The SMILES string of the molecule is CSc1ncc2cc3n(c2n1)C1(CCCCC1)CCC3=O. The highest BCUT2D eigenvalue weighted by molar-refractivity contribution is 7.98. The predicted molar refractivity (Wildman–Crippen MR) is 83.9 cm³/mol. The lowest BCUT2D eigenvalue weighted by Gasteiger charge is -2.42. The van der Waals surface area contributed by atoms with E-state index in [0.29, 0.717) is 6.42 Å². The first-order valence-corrected chi connectivity index (χ1v) is 8.92. The van der Waals surface area contributed by atoms with Crippen molar-refractivity contribution in [3.63, 3.8) is 0 Å². The monoisotopic (exact) mass is 301 g/mol. The summed E-state index contributed by atoms with van der Waals surface area (Å²) in [6.07, 6.45) is 11.7. The van der Waals surface area contributed by atoms with Gasteiger partial charge in [-0.2, -0.15) is 0 Å². The smallest absolute Gasteiger partial charge is 0.189 e. The van der Waals surface area contributed by atoms with E-state index in [0.717, 1.165) is 28.3 Å². The molecule has 0 saturated heterocycles. The van der Waals surface area contributed by atoms with Crippen molar-refractivity contribution in [3.05, 3.63) is 18.0 Å². The molecule has 21 heavy (non-hydrogen) atoms. The number of carbonyl (C=O) groups excluding carboxylic acids is 1. The second-order valence-corrected chi connectivity index (χ2v) is 6.98. The Morgan fingerprint density at radius 1 is 1.24 bits per heavy atom. The molecule has 3 heterocycles. The van der Waals surface area contributed by atoms with Crippen LogP contribution in [0.15, 0.2) is 17.4 Å². The van der Waals surface area contributed by atoms with Gasteiger partial charge in [0.05, 0.1) is 5.69 Å². The lowest BCUT2D eigenvalue weighted by molar-refractivity contribution is 0.0852. The molecule has 0 bridgehead atoms. The lowest BCUT2D eigenvalue weighted by atomic mass is 9.75. The highest BCUT2D eigenvalue weighted by atomic mass is 32.2. The largest absolute Gasteiger partial charge is 0.316 e. The maximum atomic E-state index is 12.4. The summed E-state index contributed by atoms with van der Waals surface area (Å²) in [5, 5.41) is 1.79. The third-order valence-corrected chi connectivity index (χ3v) is 5.62. The fourth-order valence-corrected chi connectivity index (χ4v) is 4.36. The molecule has 2 aromatic rings. The fourth-order valence-electron chi connectivity index (χ4n) is 4.03. The first kappa shape index (κ1) is 13.3. The Balaban J connectivity index is 1.99. The van der Waals surface area contributed by atoms with Crippen LogP contribution in [0.4, 0.5) is 0 Å². The van der Waals surface area contributed by atoms with Gasteiger partial charge in [-0.3, -0.25) is 4.79 Å². The molecular weight excluding hydrogens is 282 g/mol. The van der Waals surface area contributed by atoms with Crippen molar-refractivity contribution in [2.24, 2.45) is 0 Å². The van der Waals surface area contributed by atoms with Gasteiger partial charge in [-0.25, -0.2) is 9.97 Å². The molecule has 0 radical (unpaired) electrons. The highest BCUT2D eigenvalue weighted by Gasteiger charge is 2.41. The lowest BCUT2D eigenvalue weighted by Crippen LogP contribution is -2.41. The van der Waals surface area contributed by atoms with Crippen LogP contribution in [0.3, 0.4) is 0 Å². The van der Waals surface area contributed by atoms with Gasteiger partial charge in [0, 0.05) is 23.5 Å². The number of Topliss-reactive ketones (excluding diaryl/α,β-unsaturated/α-hetero) is 1. The molecular formula is C16H19N3OS. The number of aromatic nitrogens is 3. The average Bonchev–Trinajstić information content (AvgIpc) is 2.92. The van der Waals surface area contributed by atoms with Gasteiger partial charge in [-0.15, -0.1) is 0 Å². The van der Waals surface area contributed by atoms with Crippen molar-refractivity contribution in [3.8, 4) is 0 Å². The van der Waals surface area contributed by atoms with E-state index >= 15 is 0 Å². The van der Waals surface area contributed by atoms with E-state index in [4.69, 9.17) is 4.98 Å². The van der Waals surface area contributed by atoms with Crippen LogP contribution in [0.25, 0.3) is 11.0 Å². The normalized spacial score (nSPS) is 20.9.